The highest BCUT2D eigenvalue weighted by molar-refractivity contribution is 7.23. The fourth-order valence-corrected chi connectivity index (χ4v) is 4.29. The van der Waals surface area contributed by atoms with Crippen LogP contribution in [0.4, 0.5) is 5.00 Å². The van der Waals surface area contributed by atoms with Gasteiger partial charge in [0.25, 0.3) is 0 Å². The van der Waals surface area contributed by atoms with Crippen LogP contribution >= 0.6 is 11.3 Å². The van der Waals surface area contributed by atoms with E-state index in [-0.39, 0.29) is 17.9 Å². The summed E-state index contributed by atoms with van der Waals surface area (Å²) in [5.74, 6) is -0.511. The molecule has 0 aliphatic carbocycles. The molecular formula is C24H27NO3S. The predicted molar refractivity (Wildman–Crippen MR) is 120 cm³/mol. The number of carbonyl (C=O) groups is 2. The molecule has 0 radical (unpaired) electrons. The number of rotatable bonds is 6. The fourth-order valence-electron chi connectivity index (χ4n) is 3.15. The second-order valence-electron chi connectivity index (χ2n) is 8.02. The second-order valence-corrected chi connectivity index (χ2v) is 9.07. The molecular weight excluding hydrogens is 382 g/mol. The number of thiophene rings is 1. The fraction of sp³-hybridized carbons (Fsp3) is 0.333. The third-order valence-corrected chi connectivity index (χ3v) is 5.84. The summed E-state index contributed by atoms with van der Waals surface area (Å²) in [6.07, 6.45) is 1.01. The highest BCUT2D eigenvalue weighted by Crippen LogP contribution is 2.38. The summed E-state index contributed by atoms with van der Waals surface area (Å²) in [5, 5.41) is 4.32. The molecule has 0 bridgehead atoms. The topological polar surface area (TPSA) is 55.4 Å². The zero-order valence-corrected chi connectivity index (χ0v) is 18.2. The summed E-state index contributed by atoms with van der Waals surface area (Å²) in [7, 11) is 0. The van der Waals surface area contributed by atoms with E-state index in [1.165, 1.54) is 16.9 Å². The molecule has 3 aromatic rings. The van der Waals surface area contributed by atoms with Crippen molar-refractivity contribution in [3.8, 4) is 0 Å². The van der Waals surface area contributed by atoms with Crippen LogP contribution in [0.3, 0.4) is 0 Å². The van der Waals surface area contributed by atoms with Gasteiger partial charge in [-0.25, -0.2) is 4.79 Å². The average Bonchev–Trinajstić information content (AvgIpc) is 3.03. The monoisotopic (exact) mass is 409 g/mol. The van der Waals surface area contributed by atoms with E-state index in [1.54, 1.807) is 6.92 Å². The first-order valence-electron chi connectivity index (χ1n) is 9.87. The van der Waals surface area contributed by atoms with Crippen LogP contribution in [-0.2, 0) is 21.4 Å². The molecule has 29 heavy (non-hydrogen) atoms. The summed E-state index contributed by atoms with van der Waals surface area (Å²) < 4.78 is 6.23. The van der Waals surface area contributed by atoms with Gasteiger partial charge in [0, 0.05) is 16.5 Å². The minimum atomic E-state index is -0.402. The van der Waals surface area contributed by atoms with Crippen molar-refractivity contribution >= 4 is 38.3 Å². The first-order chi connectivity index (χ1) is 13.8. The van der Waals surface area contributed by atoms with Crippen LogP contribution < -0.4 is 5.32 Å². The van der Waals surface area contributed by atoms with Crippen LogP contribution in [0.5, 0.6) is 0 Å². The summed E-state index contributed by atoms with van der Waals surface area (Å²) >= 11 is 1.43. The number of esters is 1. The van der Waals surface area contributed by atoms with E-state index in [0.29, 0.717) is 23.4 Å². The first-order valence-corrected chi connectivity index (χ1v) is 10.7. The van der Waals surface area contributed by atoms with Crippen LogP contribution in [-0.4, -0.2) is 18.5 Å². The molecule has 5 heteroatoms. The van der Waals surface area contributed by atoms with E-state index in [9.17, 15) is 9.59 Å². The standard InChI is InChI=1S/C24H27NO3S/c1-5-28-23(27)21-18-13-12-17(24(2,3)4)15-19(18)29-22(21)25-20(26)14-11-16-9-7-6-8-10-16/h6-10,12-13,15H,5,11,14H2,1-4H3,(H,25,26). The summed E-state index contributed by atoms with van der Waals surface area (Å²) in [6.45, 7) is 8.53. The summed E-state index contributed by atoms with van der Waals surface area (Å²) in [5.41, 5.74) is 2.74. The molecule has 1 amide bonds. The van der Waals surface area contributed by atoms with Crippen LogP contribution in [0.1, 0.15) is 55.6 Å². The molecule has 0 saturated heterocycles. The van der Waals surface area contributed by atoms with E-state index in [1.807, 2.05) is 42.5 Å². The van der Waals surface area contributed by atoms with Crippen molar-refractivity contribution in [1.29, 1.82) is 0 Å². The predicted octanol–water partition coefficient (Wildman–Crippen LogP) is 5.95. The highest BCUT2D eigenvalue weighted by atomic mass is 32.1. The van der Waals surface area contributed by atoms with Crippen molar-refractivity contribution < 1.29 is 14.3 Å². The smallest absolute Gasteiger partial charge is 0.341 e. The molecule has 0 aliphatic rings. The van der Waals surface area contributed by atoms with Gasteiger partial charge in [0.05, 0.1) is 6.61 Å². The van der Waals surface area contributed by atoms with Gasteiger partial charge in [-0.05, 0) is 36.0 Å². The van der Waals surface area contributed by atoms with Crippen molar-refractivity contribution in [3.63, 3.8) is 0 Å². The Balaban J connectivity index is 1.89. The number of aryl methyl sites for hydroxylation is 1. The molecule has 1 aromatic heterocycles. The Morgan fingerprint density at radius 2 is 1.79 bits per heavy atom. The van der Waals surface area contributed by atoms with E-state index in [4.69, 9.17) is 4.74 Å². The molecule has 0 fully saturated rings. The van der Waals surface area contributed by atoms with Crippen molar-refractivity contribution in [1.82, 2.24) is 0 Å². The number of carbonyl (C=O) groups excluding carboxylic acids is 2. The average molecular weight is 410 g/mol. The van der Waals surface area contributed by atoms with Gasteiger partial charge < -0.3 is 10.1 Å². The van der Waals surface area contributed by atoms with E-state index >= 15 is 0 Å². The number of ether oxygens (including phenoxy) is 1. The lowest BCUT2D eigenvalue weighted by Gasteiger charge is -2.18. The van der Waals surface area contributed by atoms with Crippen molar-refractivity contribution in [2.75, 3.05) is 11.9 Å². The largest absolute Gasteiger partial charge is 0.462 e. The van der Waals surface area contributed by atoms with Crippen LogP contribution in [0.15, 0.2) is 48.5 Å². The molecule has 0 spiro atoms. The van der Waals surface area contributed by atoms with Gasteiger partial charge in [0.1, 0.15) is 10.6 Å². The maximum Gasteiger partial charge on any atom is 0.341 e. The van der Waals surface area contributed by atoms with Gasteiger partial charge in [-0.3, -0.25) is 4.79 Å². The lowest BCUT2D eigenvalue weighted by molar-refractivity contribution is -0.116. The first kappa shape index (κ1) is 21.1. The number of anilines is 1. The Labute approximate surface area is 175 Å². The SMILES string of the molecule is CCOC(=O)c1c(NC(=O)CCc2ccccc2)sc2cc(C(C)(C)C)ccc12. The van der Waals surface area contributed by atoms with Gasteiger partial charge in [-0.2, -0.15) is 0 Å². The summed E-state index contributed by atoms with van der Waals surface area (Å²) in [6, 6.07) is 16.0. The van der Waals surface area contributed by atoms with E-state index in [0.717, 1.165) is 15.6 Å². The molecule has 0 saturated carbocycles. The van der Waals surface area contributed by atoms with Gasteiger partial charge in [0.2, 0.25) is 5.91 Å². The molecule has 1 heterocycles. The molecule has 1 N–H and O–H groups in total. The Morgan fingerprint density at radius 1 is 1.07 bits per heavy atom. The van der Waals surface area contributed by atoms with Gasteiger partial charge >= 0.3 is 5.97 Å². The highest BCUT2D eigenvalue weighted by Gasteiger charge is 2.23. The Morgan fingerprint density at radius 3 is 2.45 bits per heavy atom. The quantitative estimate of drug-likeness (QED) is 0.512. The van der Waals surface area contributed by atoms with E-state index in [2.05, 4.69) is 32.2 Å². The minimum absolute atomic E-state index is 0.00135. The number of hydrogen-bond acceptors (Lipinski definition) is 4. The second kappa shape index (κ2) is 8.78. The lowest BCUT2D eigenvalue weighted by Crippen LogP contribution is -2.14. The van der Waals surface area contributed by atoms with Crippen molar-refractivity contribution in [3.05, 3.63) is 65.2 Å². The molecule has 0 aliphatic heterocycles. The Hall–Kier alpha value is -2.66. The van der Waals surface area contributed by atoms with Gasteiger partial charge in [-0.1, -0.05) is 63.2 Å². The number of amides is 1. The van der Waals surface area contributed by atoms with Crippen LogP contribution in [0.25, 0.3) is 10.1 Å². The number of hydrogen-bond donors (Lipinski definition) is 1. The van der Waals surface area contributed by atoms with Gasteiger partial charge in [-0.15, -0.1) is 11.3 Å². The molecule has 152 valence electrons. The Kier molecular flexibility index (Phi) is 6.38. The van der Waals surface area contributed by atoms with Crippen LogP contribution in [0, 0.1) is 0 Å². The van der Waals surface area contributed by atoms with Gasteiger partial charge in [0.15, 0.2) is 0 Å². The molecule has 4 nitrogen and oxygen atoms in total. The lowest BCUT2D eigenvalue weighted by atomic mass is 9.87. The third-order valence-electron chi connectivity index (χ3n) is 4.77. The number of benzene rings is 2. The molecule has 0 atom stereocenters. The normalized spacial score (nSPS) is 11.4. The molecule has 2 aromatic carbocycles. The molecule has 3 rings (SSSR count). The van der Waals surface area contributed by atoms with Crippen LogP contribution in [0.2, 0.25) is 0 Å². The maximum absolute atomic E-state index is 12.6. The summed E-state index contributed by atoms with van der Waals surface area (Å²) in [4.78, 5) is 25.2. The minimum Gasteiger partial charge on any atom is -0.462 e. The van der Waals surface area contributed by atoms with E-state index < -0.39 is 5.97 Å². The van der Waals surface area contributed by atoms with Crippen molar-refractivity contribution in [2.24, 2.45) is 0 Å². The number of nitrogens with one attached hydrogen (secondary N) is 1. The zero-order chi connectivity index (χ0) is 21.0. The maximum atomic E-state index is 12.6. The van der Waals surface area contributed by atoms with Crippen molar-refractivity contribution in [2.45, 2.75) is 46.0 Å². The third kappa shape index (κ3) is 5.04. The molecule has 0 unspecified atom stereocenters. The zero-order valence-electron chi connectivity index (χ0n) is 17.4. The Bertz CT molecular complexity index is 1020. The number of fused-ring (bicyclic) bond motifs is 1.